The normalized spacial score (nSPS) is 30.3. The lowest BCUT2D eigenvalue weighted by Gasteiger charge is -2.56. The summed E-state index contributed by atoms with van der Waals surface area (Å²) in [6.07, 6.45) is 1.96. The van der Waals surface area contributed by atoms with Crippen LogP contribution < -0.4 is 5.32 Å². The number of carbonyl (C=O) groups is 1. The lowest BCUT2D eigenvalue weighted by Crippen LogP contribution is -2.55. The van der Waals surface area contributed by atoms with Gasteiger partial charge < -0.3 is 10.1 Å². The van der Waals surface area contributed by atoms with E-state index in [0.29, 0.717) is 43.4 Å². The maximum atomic E-state index is 13.3. The van der Waals surface area contributed by atoms with Crippen LogP contribution in [0.5, 0.6) is 0 Å². The fourth-order valence-electron chi connectivity index (χ4n) is 5.41. The summed E-state index contributed by atoms with van der Waals surface area (Å²) in [6, 6.07) is 5.03. The molecule has 1 amide bonds. The Morgan fingerprint density at radius 1 is 1.31 bits per heavy atom. The maximum absolute atomic E-state index is 13.3. The summed E-state index contributed by atoms with van der Waals surface area (Å²) in [6.45, 7) is 6.09. The van der Waals surface area contributed by atoms with Crippen LogP contribution in [-0.2, 0) is 26.0 Å². The van der Waals surface area contributed by atoms with Crippen molar-refractivity contribution in [2.75, 3.05) is 32.1 Å². The SMILES string of the molecule is COC[C@@]12CN(S(=O)(=O)c3ccc4c(c3)CCC(=O)N4)C[C@@H]1C(C)(C)C2. The topological polar surface area (TPSA) is 75.7 Å². The number of methoxy groups -OCH3 is 1. The molecule has 1 aliphatic carbocycles. The van der Waals surface area contributed by atoms with Crippen molar-refractivity contribution < 1.29 is 17.9 Å². The Morgan fingerprint density at radius 3 is 2.77 bits per heavy atom. The number of carbonyl (C=O) groups excluding carboxylic acids is 1. The molecular formula is C19H26N2O4S. The first-order chi connectivity index (χ1) is 12.2. The number of anilines is 1. The van der Waals surface area contributed by atoms with Gasteiger partial charge >= 0.3 is 0 Å². The summed E-state index contributed by atoms with van der Waals surface area (Å²) >= 11 is 0. The molecule has 0 radical (unpaired) electrons. The number of nitrogens with zero attached hydrogens (tertiary/aromatic N) is 1. The van der Waals surface area contributed by atoms with Crippen molar-refractivity contribution in [1.29, 1.82) is 0 Å². The maximum Gasteiger partial charge on any atom is 0.243 e. The molecule has 0 bridgehead atoms. The molecule has 2 atom stereocenters. The monoisotopic (exact) mass is 378 g/mol. The molecule has 26 heavy (non-hydrogen) atoms. The summed E-state index contributed by atoms with van der Waals surface area (Å²) in [7, 11) is -1.87. The minimum atomic E-state index is -3.55. The Balaban J connectivity index is 1.63. The molecule has 2 aliphatic heterocycles. The average molecular weight is 378 g/mol. The van der Waals surface area contributed by atoms with Crippen molar-refractivity contribution in [2.24, 2.45) is 16.7 Å². The van der Waals surface area contributed by atoms with Crippen LogP contribution >= 0.6 is 0 Å². The van der Waals surface area contributed by atoms with E-state index < -0.39 is 10.0 Å². The number of benzene rings is 1. The van der Waals surface area contributed by atoms with Crippen molar-refractivity contribution in [3.8, 4) is 0 Å². The highest BCUT2D eigenvalue weighted by atomic mass is 32.2. The van der Waals surface area contributed by atoms with Gasteiger partial charge in [0.2, 0.25) is 15.9 Å². The fraction of sp³-hybridized carbons (Fsp3) is 0.632. The molecule has 1 N–H and O–H groups in total. The molecule has 2 fully saturated rings. The molecule has 0 unspecified atom stereocenters. The van der Waals surface area contributed by atoms with Gasteiger partial charge in [-0.05, 0) is 47.9 Å². The van der Waals surface area contributed by atoms with E-state index in [9.17, 15) is 13.2 Å². The quantitative estimate of drug-likeness (QED) is 0.872. The van der Waals surface area contributed by atoms with E-state index >= 15 is 0 Å². The summed E-state index contributed by atoms with van der Waals surface area (Å²) in [4.78, 5) is 11.8. The number of sulfonamides is 1. The predicted molar refractivity (Wildman–Crippen MR) is 98.3 cm³/mol. The summed E-state index contributed by atoms with van der Waals surface area (Å²) in [5, 5.41) is 2.80. The van der Waals surface area contributed by atoms with E-state index in [2.05, 4.69) is 19.2 Å². The van der Waals surface area contributed by atoms with Crippen LogP contribution in [0.2, 0.25) is 0 Å². The van der Waals surface area contributed by atoms with Crippen molar-refractivity contribution in [1.82, 2.24) is 4.31 Å². The van der Waals surface area contributed by atoms with Gasteiger partial charge in [0.15, 0.2) is 0 Å². The molecule has 7 heteroatoms. The summed E-state index contributed by atoms with van der Waals surface area (Å²) in [5.41, 5.74) is 1.69. The third kappa shape index (κ3) is 2.60. The lowest BCUT2D eigenvalue weighted by molar-refractivity contribution is -0.116. The minimum Gasteiger partial charge on any atom is -0.384 e. The second kappa shape index (κ2) is 5.78. The van der Waals surface area contributed by atoms with Crippen molar-refractivity contribution in [3.05, 3.63) is 23.8 Å². The van der Waals surface area contributed by atoms with Gasteiger partial charge in [-0.25, -0.2) is 8.42 Å². The molecule has 6 nitrogen and oxygen atoms in total. The first-order valence-corrected chi connectivity index (χ1v) is 10.5. The smallest absolute Gasteiger partial charge is 0.243 e. The number of ether oxygens (including phenoxy) is 1. The highest BCUT2D eigenvalue weighted by Crippen LogP contribution is 2.63. The summed E-state index contributed by atoms with van der Waals surface area (Å²) < 4.78 is 33.6. The number of fused-ring (bicyclic) bond motifs is 2. The minimum absolute atomic E-state index is 0.0204. The molecule has 0 aromatic heterocycles. The van der Waals surface area contributed by atoms with Crippen molar-refractivity contribution in [3.63, 3.8) is 0 Å². The second-order valence-electron chi connectivity index (χ2n) is 8.68. The molecule has 4 rings (SSSR count). The van der Waals surface area contributed by atoms with Crippen LogP contribution in [0.3, 0.4) is 0 Å². The Kier molecular flexibility index (Phi) is 3.99. The standard InChI is InChI=1S/C19H26N2O4S/c1-18(2)10-19(12-25-3)11-21(9-16(18)19)26(23,24)14-5-6-15-13(8-14)4-7-17(22)20-15/h5-6,8,16H,4,7,9-12H2,1-3H3,(H,20,22)/t16-,19-/m1/s1. The van der Waals surface area contributed by atoms with Gasteiger partial charge in [0, 0.05) is 37.7 Å². The van der Waals surface area contributed by atoms with Crippen LogP contribution in [0.1, 0.15) is 32.3 Å². The molecule has 2 heterocycles. The van der Waals surface area contributed by atoms with E-state index in [-0.39, 0.29) is 16.7 Å². The number of aryl methyl sites for hydroxylation is 1. The predicted octanol–water partition coefficient (Wildman–Crippen LogP) is 2.25. The lowest BCUT2D eigenvalue weighted by atomic mass is 9.48. The molecule has 142 valence electrons. The number of amides is 1. The van der Waals surface area contributed by atoms with E-state index in [1.807, 2.05) is 0 Å². The van der Waals surface area contributed by atoms with E-state index in [1.54, 1.807) is 29.6 Å². The van der Waals surface area contributed by atoms with Crippen molar-refractivity contribution >= 4 is 21.6 Å². The number of hydrogen-bond acceptors (Lipinski definition) is 4. The largest absolute Gasteiger partial charge is 0.384 e. The van der Waals surface area contributed by atoms with Crippen molar-refractivity contribution in [2.45, 2.75) is 38.0 Å². The van der Waals surface area contributed by atoms with Crippen LogP contribution in [0.15, 0.2) is 23.1 Å². The second-order valence-corrected chi connectivity index (χ2v) is 10.6. The third-order valence-electron chi connectivity index (χ3n) is 6.41. The van der Waals surface area contributed by atoms with Gasteiger partial charge in [0.25, 0.3) is 0 Å². The zero-order valence-corrected chi connectivity index (χ0v) is 16.4. The molecule has 1 aromatic rings. The highest BCUT2D eigenvalue weighted by molar-refractivity contribution is 7.89. The number of nitrogens with one attached hydrogen (secondary N) is 1. The highest BCUT2D eigenvalue weighted by Gasteiger charge is 2.64. The zero-order valence-electron chi connectivity index (χ0n) is 15.5. The Labute approximate surface area is 155 Å². The van der Waals surface area contributed by atoms with Gasteiger partial charge in [0.05, 0.1) is 11.5 Å². The molecule has 1 aromatic carbocycles. The first kappa shape index (κ1) is 17.9. The van der Waals surface area contributed by atoms with E-state index in [4.69, 9.17) is 4.74 Å². The number of rotatable bonds is 4. The fourth-order valence-corrected chi connectivity index (χ4v) is 7.02. The van der Waals surface area contributed by atoms with Crippen LogP contribution in [0.4, 0.5) is 5.69 Å². The summed E-state index contributed by atoms with van der Waals surface area (Å²) in [5.74, 6) is 0.301. The first-order valence-electron chi connectivity index (χ1n) is 9.10. The van der Waals surface area contributed by atoms with Gasteiger partial charge in [-0.1, -0.05) is 13.8 Å². The van der Waals surface area contributed by atoms with Gasteiger partial charge in [-0.2, -0.15) is 4.31 Å². The van der Waals surface area contributed by atoms with Gasteiger partial charge in [-0.3, -0.25) is 4.79 Å². The van der Waals surface area contributed by atoms with Crippen LogP contribution in [-0.4, -0.2) is 45.4 Å². The van der Waals surface area contributed by atoms with E-state index in [0.717, 1.165) is 17.7 Å². The molecular weight excluding hydrogens is 352 g/mol. The average Bonchev–Trinajstić information content (AvgIpc) is 2.90. The van der Waals surface area contributed by atoms with Gasteiger partial charge in [0.1, 0.15) is 0 Å². The van der Waals surface area contributed by atoms with Gasteiger partial charge in [-0.15, -0.1) is 0 Å². The van der Waals surface area contributed by atoms with Crippen LogP contribution in [0.25, 0.3) is 0 Å². The molecule has 1 saturated heterocycles. The van der Waals surface area contributed by atoms with Crippen LogP contribution in [0, 0.1) is 16.7 Å². The van der Waals surface area contributed by atoms with E-state index in [1.165, 1.54) is 0 Å². The molecule has 1 saturated carbocycles. The third-order valence-corrected chi connectivity index (χ3v) is 8.22. The molecule has 3 aliphatic rings. The Bertz CT molecular complexity index is 864. The molecule has 0 spiro atoms. The Morgan fingerprint density at radius 2 is 2.08 bits per heavy atom. The Hall–Kier alpha value is -1.44. The number of hydrogen-bond donors (Lipinski definition) is 1. The zero-order chi connectivity index (χ0) is 18.7.